The van der Waals surface area contributed by atoms with Gasteiger partial charge in [0.25, 0.3) is 5.91 Å². The van der Waals surface area contributed by atoms with Crippen molar-refractivity contribution in [3.05, 3.63) is 39.9 Å². The highest BCUT2D eigenvalue weighted by atomic mass is 32.1. The Labute approximate surface area is 155 Å². The van der Waals surface area contributed by atoms with Crippen LogP contribution in [0.1, 0.15) is 32.6 Å². The first kappa shape index (κ1) is 17.9. The van der Waals surface area contributed by atoms with Crippen molar-refractivity contribution in [2.75, 3.05) is 18.4 Å². The fraction of sp³-hybridized carbons (Fsp3) is 0.375. The standard InChI is InChI=1S/C16H20N8OS/c1-9-7-10(2)24(22-9)14-8-13(19-12(4)20-14)17-5-6-18-16(25)15-11(3)21-23-26-15/h7-8H,5-6H2,1-4H3,(H,18,25)(H,17,19,20). The summed E-state index contributed by atoms with van der Waals surface area (Å²) < 4.78 is 5.55. The highest BCUT2D eigenvalue weighted by molar-refractivity contribution is 7.07. The average molecular weight is 372 g/mol. The molecule has 0 saturated carbocycles. The van der Waals surface area contributed by atoms with Crippen molar-refractivity contribution >= 4 is 23.3 Å². The minimum Gasteiger partial charge on any atom is -0.368 e. The van der Waals surface area contributed by atoms with Crippen molar-refractivity contribution in [1.29, 1.82) is 0 Å². The van der Waals surface area contributed by atoms with Gasteiger partial charge in [-0.3, -0.25) is 4.79 Å². The van der Waals surface area contributed by atoms with Crippen molar-refractivity contribution in [3.63, 3.8) is 0 Å². The lowest BCUT2D eigenvalue weighted by atomic mass is 10.4. The Morgan fingerprint density at radius 1 is 1.15 bits per heavy atom. The molecule has 26 heavy (non-hydrogen) atoms. The number of nitrogens with zero attached hydrogens (tertiary/aromatic N) is 6. The number of aromatic nitrogens is 6. The van der Waals surface area contributed by atoms with Crippen LogP contribution < -0.4 is 10.6 Å². The SMILES string of the molecule is Cc1cc(C)n(-c2cc(NCCNC(=O)c3snnc3C)nc(C)n2)n1. The molecule has 10 heteroatoms. The van der Waals surface area contributed by atoms with Crippen LogP contribution in [0, 0.1) is 27.7 Å². The molecular formula is C16H20N8OS. The van der Waals surface area contributed by atoms with Crippen molar-refractivity contribution in [3.8, 4) is 5.82 Å². The number of amides is 1. The van der Waals surface area contributed by atoms with E-state index in [2.05, 4.69) is 35.3 Å². The molecule has 136 valence electrons. The summed E-state index contributed by atoms with van der Waals surface area (Å²) in [7, 11) is 0. The van der Waals surface area contributed by atoms with E-state index in [1.165, 1.54) is 0 Å². The van der Waals surface area contributed by atoms with E-state index in [-0.39, 0.29) is 5.91 Å². The predicted molar refractivity (Wildman–Crippen MR) is 98.8 cm³/mol. The quantitative estimate of drug-likeness (QED) is 0.632. The minimum absolute atomic E-state index is 0.165. The van der Waals surface area contributed by atoms with E-state index in [4.69, 9.17) is 0 Å². The maximum absolute atomic E-state index is 12.0. The highest BCUT2D eigenvalue weighted by Crippen LogP contribution is 2.13. The second-order valence-corrected chi connectivity index (χ2v) is 6.62. The summed E-state index contributed by atoms with van der Waals surface area (Å²) in [6.07, 6.45) is 0. The van der Waals surface area contributed by atoms with Gasteiger partial charge in [-0.1, -0.05) is 4.49 Å². The van der Waals surface area contributed by atoms with Gasteiger partial charge < -0.3 is 10.6 Å². The minimum atomic E-state index is -0.165. The lowest BCUT2D eigenvalue weighted by Gasteiger charge is -2.10. The van der Waals surface area contributed by atoms with Crippen LogP contribution in [0.25, 0.3) is 5.82 Å². The van der Waals surface area contributed by atoms with Crippen molar-refractivity contribution < 1.29 is 4.79 Å². The highest BCUT2D eigenvalue weighted by Gasteiger charge is 2.12. The molecule has 0 unspecified atom stereocenters. The maximum atomic E-state index is 12.0. The average Bonchev–Trinajstić information content (AvgIpc) is 3.16. The zero-order valence-corrected chi connectivity index (χ0v) is 15.9. The largest absolute Gasteiger partial charge is 0.368 e. The van der Waals surface area contributed by atoms with Crippen molar-refractivity contribution in [2.45, 2.75) is 27.7 Å². The summed E-state index contributed by atoms with van der Waals surface area (Å²) in [5.74, 6) is 1.88. The zero-order valence-electron chi connectivity index (χ0n) is 15.1. The smallest absolute Gasteiger partial charge is 0.265 e. The molecule has 0 spiro atoms. The Bertz CT molecular complexity index is 932. The van der Waals surface area contributed by atoms with Gasteiger partial charge in [-0.2, -0.15) is 5.10 Å². The lowest BCUT2D eigenvalue weighted by Crippen LogP contribution is -2.28. The Hall–Kier alpha value is -2.88. The second kappa shape index (κ2) is 7.56. The number of carbonyl (C=O) groups excluding carboxylic acids is 1. The van der Waals surface area contributed by atoms with Crippen LogP contribution in [0.3, 0.4) is 0 Å². The Morgan fingerprint density at radius 3 is 2.62 bits per heavy atom. The summed E-state index contributed by atoms with van der Waals surface area (Å²) >= 11 is 1.09. The van der Waals surface area contributed by atoms with Gasteiger partial charge in [0.15, 0.2) is 5.82 Å². The molecule has 0 aliphatic heterocycles. The van der Waals surface area contributed by atoms with Gasteiger partial charge in [-0.05, 0) is 45.3 Å². The molecule has 3 rings (SSSR count). The summed E-state index contributed by atoms with van der Waals surface area (Å²) in [6, 6.07) is 3.84. The second-order valence-electron chi connectivity index (χ2n) is 5.87. The molecule has 9 nitrogen and oxygen atoms in total. The van der Waals surface area contributed by atoms with E-state index >= 15 is 0 Å². The fourth-order valence-corrected chi connectivity index (χ4v) is 3.07. The number of hydrogen-bond donors (Lipinski definition) is 2. The topological polar surface area (TPSA) is 111 Å². The van der Waals surface area contributed by atoms with E-state index in [1.54, 1.807) is 11.6 Å². The van der Waals surface area contributed by atoms with Crippen LogP contribution in [0.15, 0.2) is 12.1 Å². The van der Waals surface area contributed by atoms with Gasteiger partial charge >= 0.3 is 0 Å². The first-order valence-electron chi connectivity index (χ1n) is 8.14. The van der Waals surface area contributed by atoms with E-state index in [1.807, 2.05) is 32.9 Å². The van der Waals surface area contributed by atoms with Gasteiger partial charge in [0, 0.05) is 24.8 Å². The number of nitrogens with one attached hydrogen (secondary N) is 2. The molecule has 0 fully saturated rings. The zero-order chi connectivity index (χ0) is 18.7. The molecule has 0 radical (unpaired) electrons. The molecular weight excluding hydrogens is 352 g/mol. The number of anilines is 1. The molecule has 0 aliphatic rings. The van der Waals surface area contributed by atoms with Gasteiger partial charge in [-0.15, -0.1) is 5.10 Å². The summed E-state index contributed by atoms with van der Waals surface area (Å²) in [5.41, 5.74) is 2.58. The Balaban J connectivity index is 1.61. The van der Waals surface area contributed by atoms with Gasteiger partial charge in [0.2, 0.25) is 0 Å². The van der Waals surface area contributed by atoms with Crippen LogP contribution in [0.4, 0.5) is 5.82 Å². The Kier molecular flexibility index (Phi) is 5.21. The molecule has 0 saturated heterocycles. The van der Waals surface area contributed by atoms with E-state index < -0.39 is 0 Å². The van der Waals surface area contributed by atoms with Crippen molar-refractivity contribution in [1.82, 2.24) is 34.7 Å². The third-order valence-corrected chi connectivity index (χ3v) is 4.45. The summed E-state index contributed by atoms with van der Waals surface area (Å²) in [6.45, 7) is 8.51. The molecule has 0 bridgehead atoms. The molecule has 0 atom stereocenters. The van der Waals surface area contributed by atoms with E-state index in [0.29, 0.717) is 41.1 Å². The molecule has 0 aromatic carbocycles. The third-order valence-electron chi connectivity index (χ3n) is 3.63. The number of hydrogen-bond acceptors (Lipinski definition) is 8. The Morgan fingerprint density at radius 2 is 1.96 bits per heavy atom. The number of carbonyl (C=O) groups is 1. The molecule has 3 aromatic heterocycles. The van der Waals surface area contributed by atoms with Gasteiger partial charge in [0.1, 0.15) is 16.5 Å². The first-order valence-corrected chi connectivity index (χ1v) is 8.91. The molecule has 2 N–H and O–H groups in total. The van der Waals surface area contributed by atoms with Crippen LogP contribution >= 0.6 is 11.5 Å². The van der Waals surface area contributed by atoms with Crippen LogP contribution in [0.5, 0.6) is 0 Å². The molecule has 0 aliphatic carbocycles. The number of rotatable bonds is 6. The summed E-state index contributed by atoms with van der Waals surface area (Å²) in [5, 5.41) is 14.3. The van der Waals surface area contributed by atoms with Crippen LogP contribution in [-0.4, -0.2) is 48.3 Å². The number of aryl methyl sites for hydroxylation is 4. The van der Waals surface area contributed by atoms with Gasteiger partial charge in [0.05, 0.1) is 11.4 Å². The lowest BCUT2D eigenvalue weighted by molar-refractivity contribution is 0.0958. The maximum Gasteiger partial charge on any atom is 0.265 e. The molecule has 1 amide bonds. The monoisotopic (exact) mass is 372 g/mol. The molecule has 3 heterocycles. The normalized spacial score (nSPS) is 10.8. The van der Waals surface area contributed by atoms with E-state index in [9.17, 15) is 4.79 Å². The van der Waals surface area contributed by atoms with Crippen LogP contribution in [0.2, 0.25) is 0 Å². The third kappa shape index (κ3) is 4.02. The predicted octanol–water partition coefficient (Wildman–Crippen LogP) is 1.59. The van der Waals surface area contributed by atoms with Crippen LogP contribution in [-0.2, 0) is 0 Å². The fourth-order valence-electron chi connectivity index (χ4n) is 2.50. The molecule has 3 aromatic rings. The summed E-state index contributed by atoms with van der Waals surface area (Å²) in [4.78, 5) is 21.4. The first-order chi connectivity index (χ1) is 12.4. The van der Waals surface area contributed by atoms with E-state index in [0.717, 1.165) is 22.9 Å². The van der Waals surface area contributed by atoms with Gasteiger partial charge in [-0.25, -0.2) is 14.6 Å². The van der Waals surface area contributed by atoms with Crippen molar-refractivity contribution in [2.24, 2.45) is 0 Å².